The van der Waals surface area contributed by atoms with E-state index >= 15 is 0 Å². The Morgan fingerprint density at radius 2 is 0.902 bits per heavy atom. The molecular formula is C81H103B3Br5ClN14O19. The third-order valence-corrected chi connectivity index (χ3v) is 20.9. The normalized spacial score (nSPS) is 15.1. The zero-order valence-corrected chi connectivity index (χ0v) is 81.7. The molecule has 3 fully saturated rings. The lowest BCUT2D eigenvalue weighted by Crippen LogP contribution is -2.41. The van der Waals surface area contributed by atoms with Crippen LogP contribution in [0.1, 0.15) is 199 Å². The van der Waals surface area contributed by atoms with Gasteiger partial charge in [0.2, 0.25) is 0 Å². The molecule has 10 aromatic rings. The molecule has 0 atom stereocenters. The maximum atomic E-state index is 12.0. The molecule has 123 heavy (non-hydrogen) atoms. The van der Waals surface area contributed by atoms with E-state index in [0.29, 0.717) is 53.4 Å². The lowest BCUT2D eigenvalue weighted by Gasteiger charge is -2.32. The van der Waals surface area contributed by atoms with Crippen LogP contribution in [0.15, 0.2) is 163 Å². The summed E-state index contributed by atoms with van der Waals surface area (Å²) < 4.78 is 72.2. The van der Waals surface area contributed by atoms with Gasteiger partial charge in [0.05, 0.1) is 82.0 Å². The molecule has 3 saturated heterocycles. The summed E-state index contributed by atoms with van der Waals surface area (Å²) in [6.07, 6.45) is 10.0. The van der Waals surface area contributed by atoms with Gasteiger partial charge in [-0.3, -0.25) is 0 Å². The van der Waals surface area contributed by atoms with Gasteiger partial charge >= 0.3 is 62.6 Å². The van der Waals surface area contributed by atoms with Gasteiger partial charge in [0, 0.05) is 70.2 Å². The molecule has 3 aliphatic heterocycles. The fourth-order valence-electron chi connectivity index (χ4n) is 10.1. The summed E-state index contributed by atoms with van der Waals surface area (Å²) in [5.41, 5.74) is 14.9. The average molecular weight is 2040 g/mol. The second-order valence-electron chi connectivity index (χ2n) is 32.1. The lowest BCUT2D eigenvalue weighted by atomic mass is 9.49. The number of nitrogens with zero attached hydrogens (tertiary/aromatic N) is 12. The fourth-order valence-corrected chi connectivity index (χ4v) is 12.3. The molecular weight excluding hydrogens is 1940 g/mol. The SMILES string of the molecule is CC(C)(C)N.CC1(C)OB(B2OC(C)(C)C(C)(C)O2)OC1(C)C.COC(=O)c1cc(B2OC(C)(C)C(C)(C)O2)cc2ncnn12.COC(=O)c1cc(Br)cc(CC(C)(C)C)n1.COC(=O)c1cc(Br)cc(N)n1.COC(=O)c1cc(Br)cc2ncnn12.COC(=O)c1cc(Br)cc[n+]1[O-].COC(=O)c1cc(Br)ccn1.ClCc1ccc(-n2cccn2)cc1. The second kappa shape index (κ2) is 45.5. The summed E-state index contributed by atoms with van der Waals surface area (Å²) in [6, 6.07) is 29.8. The summed E-state index contributed by atoms with van der Waals surface area (Å²) in [7, 11) is 6.32. The number of hydrogen-bond donors (Lipinski definition) is 2. The predicted molar refractivity (Wildman–Crippen MR) is 483 cm³/mol. The Kier molecular flexibility index (Phi) is 38.7. The van der Waals surface area contributed by atoms with Crippen LogP contribution in [-0.2, 0) is 68.6 Å². The minimum atomic E-state index is -0.647. The van der Waals surface area contributed by atoms with Crippen molar-refractivity contribution >= 4 is 171 Å². The number of pyridine rings is 6. The number of esters is 6. The van der Waals surface area contributed by atoms with E-state index in [4.69, 9.17) is 55.7 Å². The third kappa shape index (κ3) is 31.4. The highest BCUT2D eigenvalue weighted by atomic mass is 79.9. The van der Waals surface area contributed by atoms with Gasteiger partial charge in [0.15, 0.2) is 34.6 Å². The fraction of sp³-hybridized carbons (Fsp3) is 0.420. The Balaban J connectivity index is 0.000000250. The first-order valence-electron chi connectivity index (χ1n) is 37.5. The number of benzene rings is 1. The number of fused-ring (bicyclic) bond motifs is 2. The Morgan fingerprint density at radius 1 is 0.488 bits per heavy atom. The van der Waals surface area contributed by atoms with Crippen LogP contribution < -0.4 is 21.7 Å². The zero-order valence-electron chi connectivity index (χ0n) is 73.0. The zero-order chi connectivity index (χ0) is 92.7. The molecule has 9 aromatic heterocycles. The first-order chi connectivity index (χ1) is 57.1. The smallest absolute Gasteiger partial charge is 0.495 e. The number of nitrogen functional groups attached to an aromatic ring is 1. The Labute approximate surface area is 763 Å². The molecule has 12 heterocycles. The number of carbonyl (C=O) groups excluding carboxylic acids is 6. The lowest BCUT2D eigenvalue weighted by molar-refractivity contribution is -0.608. The van der Waals surface area contributed by atoms with E-state index in [2.05, 4.69) is 164 Å². The number of hydrogen-bond acceptors (Lipinski definition) is 29. The van der Waals surface area contributed by atoms with Crippen molar-refractivity contribution in [1.82, 2.24) is 53.9 Å². The Morgan fingerprint density at radius 3 is 1.33 bits per heavy atom. The van der Waals surface area contributed by atoms with Gasteiger partial charge in [-0.15, -0.1) is 11.6 Å². The van der Waals surface area contributed by atoms with Crippen molar-refractivity contribution in [3.05, 3.63) is 214 Å². The summed E-state index contributed by atoms with van der Waals surface area (Å²) in [5, 5.41) is 23.0. The molecule has 4 N–H and O–H groups in total. The monoisotopic (exact) mass is 2040 g/mol. The topological polar surface area (TPSA) is 409 Å². The molecule has 0 radical (unpaired) electrons. The van der Waals surface area contributed by atoms with Crippen LogP contribution in [0.2, 0.25) is 0 Å². The minimum absolute atomic E-state index is 0. The first-order valence-corrected chi connectivity index (χ1v) is 42.0. The number of methoxy groups -OCH3 is 6. The van der Waals surface area contributed by atoms with Gasteiger partial charge in [-0.25, -0.2) is 67.4 Å². The van der Waals surface area contributed by atoms with Crippen LogP contribution in [-0.4, -0.2) is 193 Å². The van der Waals surface area contributed by atoms with Crippen LogP contribution >= 0.6 is 91.3 Å². The quantitative estimate of drug-likeness (QED) is 0.0303. The van der Waals surface area contributed by atoms with Gasteiger partial charge in [-0.2, -0.15) is 20.0 Å². The number of carbonyl (C=O) groups is 6. The van der Waals surface area contributed by atoms with Crippen LogP contribution in [0.25, 0.3) is 17.0 Å². The van der Waals surface area contributed by atoms with E-state index in [-0.39, 0.29) is 56.3 Å². The number of ether oxygens (including phenoxy) is 6. The molecule has 0 spiro atoms. The molecule has 42 heteroatoms. The van der Waals surface area contributed by atoms with Crippen molar-refractivity contribution < 1.29 is 89.8 Å². The molecule has 0 aliphatic carbocycles. The molecule has 33 nitrogen and oxygen atoms in total. The molecule has 662 valence electrons. The summed E-state index contributed by atoms with van der Waals surface area (Å²) >= 11 is 21.9. The van der Waals surface area contributed by atoms with Crippen LogP contribution in [0.4, 0.5) is 5.82 Å². The van der Waals surface area contributed by atoms with Gasteiger partial charge in [-0.1, -0.05) is 113 Å². The van der Waals surface area contributed by atoms with E-state index in [0.717, 1.165) is 36.8 Å². The van der Waals surface area contributed by atoms with Gasteiger partial charge < -0.3 is 73.0 Å². The van der Waals surface area contributed by atoms with Crippen molar-refractivity contribution in [2.24, 2.45) is 11.1 Å². The average Bonchev–Trinajstić information content (AvgIpc) is 1.62. The molecule has 13 rings (SSSR count). The van der Waals surface area contributed by atoms with Crippen molar-refractivity contribution in [2.75, 3.05) is 48.4 Å². The number of nitrogens with two attached hydrogens (primary N) is 2. The van der Waals surface area contributed by atoms with Gasteiger partial charge in [0.1, 0.15) is 29.9 Å². The summed E-state index contributed by atoms with van der Waals surface area (Å²) in [5.74, 6) is -2.07. The number of rotatable bonds is 11. The van der Waals surface area contributed by atoms with Gasteiger partial charge in [0.25, 0.3) is 0 Å². The van der Waals surface area contributed by atoms with E-state index in [9.17, 15) is 34.0 Å². The summed E-state index contributed by atoms with van der Waals surface area (Å²) in [6.45, 7) is 36.4. The second-order valence-corrected chi connectivity index (χ2v) is 37.0. The van der Waals surface area contributed by atoms with Crippen LogP contribution in [0.5, 0.6) is 0 Å². The predicted octanol–water partition coefficient (Wildman–Crippen LogP) is 14.6. The summed E-state index contributed by atoms with van der Waals surface area (Å²) in [4.78, 5) is 87.4. The molecule has 3 aliphatic rings. The van der Waals surface area contributed by atoms with E-state index < -0.39 is 68.2 Å². The Hall–Kier alpha value is -8.71. The van der Waals surface area contributed by atoms with E-state index in [1.54, 1.807) is 66.9 Å². The highest BCUT2D eigenvalue weighted by Gasteiger charge is 2.64. The largest absolute Gasteiger partial charge is 0.618 e. The number of aromatic nitrogens is 12. The van der Waals surface area contributed by atoms with E-state index in [1.165, 1.54) is 82.8 Å². The van der Waals surface area contributed by atoms with Crippen molar-refractivity contribution in [1.29, 1.82) is 0 Å². The van der Waals surface area contributed by atoms with Crippen LogP contribution in [0.3, 0.4) is 0 Å². The third-order valence-electron chi connectivity index (χ3n) is 18.2. The maximum absolute atomic E-state index is 12.0. The highest BCUT2D eigenvalue weighted by Crippen LogP contribution is 2.43. The van der Waals surface area contributed by atoms with Crippen molar-refractivity contribution in [3.63, 3.8) is 0 Å². The van der Waals surface area contributed by atoms with E-state index in [1.807, 2.05) is 151 Å². The number of alkyl halides is 1. The van der Waals surface area contributed by atoms with Crippen molar-refractivity contribution in [2.45, 2.75) is 176 Å². The number of halogens is 6. The van der Waals surface area contributed by atoms with Crippen LogP contribution in [0, 0.1) is 10.6 Å². The molecule has 0 amide bonds. The maximum Gasteiger partial charge on any atom is 0.495 e. The minimum Gasteiger partial charge on any atom is -0.618 e. The first kappa shape index (κ1) is 105. The standard InChI is InChI=1S/C14H18BN3O4.C12H24B2O4.C12H16BrNO2.C10H9ClN2.C8H6BrN3O2.C7H7BrN2O2.C7H6BrNO3.C7H6BrNO2.C4H11N/c1-13(2)14(3,4)22-15(21-13)9-6-10(12(19)20-5)18-11(7-9)16-8-17-18;1-9(2)10(3,4)16-13(15-9)14-17-11(5,6)12(7,8)18-14;1-12(2,3)7-9-5-8(13)6-10(14-9)11(15)16-4;11-8-9-2-4-10(5-3-9)13-7-1-6-12-13;1-14-8(13)6-2-5(9)3-7-10-4-11-12(6)7;1-12-7(11)5-2-4(8)3-6(9)10-5;1-12-7(10)6-4-5(8)2-3-9(6)11;1-11-7(10)6-4-5(8)2-3-9-6;1-4(2,3)5/h6-8H,1-5H3;1-8H3;5-6H,7H2,1-4H3;1-7H,8H2;2-4H,1H3;2-3H,1H3,(H2,9,10);2-4H,1H3;2-4H,1H3;5H2,1-3H3. The van der Waals surface area contributed by atoms with Crippen molar-refractivity contribution in [3.8, 4) is 5.69 Å². The molecule has 0 saturated carbocycles. The number of anilines is 1. The molecule has 0 unspecified atom stereocenters. The molecule has 1 aromatic carbocycles. The highest BCUT2D eigenvalue weighted by molar-refractivity contribution is 9.11. The Bertz CT molecular complexity index is 5130. The van der Waals surface area contributed by atoms with Gasteiger partial charge in [-0.05, 0) is 206 Å². The molecule has 0 bridgehead atoms.